The number of benzene rings is 2. The van der Waals surface area contributed by atoms with Crippen molar-refractivity contribution in [1.82, 2.24) is 0 Å². The molecule has 0 bridgehead atoms. The van der Waals surface area contributed by atoms with Crippen LogP contribution in [-0.4, -0.2) is 19.3 Å². The molecule has 0 saturated heterocycles. The first-order valence-corrected chi connectivity index (χ1v) is 7.03. The summed E-state index contributed by atoms with van der Waals surface area (Å²) >= 11 is 0. The molecule has 0 fully saturated rings. The number of methoxy groups -OCH3 is 2. The maximum Gasteiger partial charge on any atom is 0.122 e. The van der Waals surface area contributed by atoms with E-state index >= 15 is 0 Å². The summed E-state index contributed by atoms with van der Waals surface area (Å²) in [6.07, 6.45) is -0.0288. The predicted octanol–water partition coefficient (Wildman–Crippen LogP) is 3.43. The summed E-state index contributed by atoms with van der Waals surface area (Å²) in [6, 6.07) is 13.9. The molecule has 2 rings (SSSR count). The van der Waals surface area contributed by atoms with Gasteiger partial charge in [-0.25, -0.2) is 0 Å². The maximum absolute atomic E-state index is 10.5. The van der Waals surface area contributed by atoms with Gasteiger partial charge in [0.05, 0.1) is 19.8 Å². The molecule has 1 N–H and O–H groups in total. The van der Waals surface area contributed by atoms with Crippen LogP contribution in [0.2, 0.25) is 0 Å². The van der Waals surface area contributed by atoms with Gasteiger partial charge in [0, 0.05) is 13.5 Å². The second-order valence-corrected chi connectivity index (χ2v) is 5.21. The van der Waals surface area contributed by atoms with Crippen molar-refractivity contribution in [1.29, 1.82) is 0 Å². The minimum Gasteiger partial charge on any atom is -0.496 e. The number of aryl methyl sites for hydroxylation is 1. The number of aliphatic hydroxyl groups excluding tert-OH is 1. The molecule has 0 heterocycles. The standard InChI is InChI=1S/C18H22O3/c1-13-7-8-18(21-3)16(9-13)11-17(19)15-6-4-5-14(10-15)12-20-2/h4-10,17,19H,11-12H2,1-3H3. The number of rotatable bonds is 6. The van der Waals surface area contributed by atoms with Gasteiger partial charge in [0.15, 0.2) is 0 Å². The zero-order valence-electron chi connectivity index (χ0n) is 12.8. The predicted molar refractivity (Wildman–Crippen MR) is 83.5 cm³/mol. The third-order valence-corrected chi connectivity index (χ3v) is 3.50. The lowest BCUT2D eigenvalue weighted by Crippen LogP contribution is -2.04. The van der Waals surface area contributed by atoms with Crippen molar-refractivity contribution in [3.05, 3.63) is 64.7 Å². The molecule has 3 nitrogen and oxygen atoms in total. The largest absolute Gasteiger partial charge is 0.496 e. The highest BCUT2D eigenvalue weighted by atomic mass is 16.5. The van der Waals surface area contributed by atoms with Crippen molar-refractivity contribution in [2.24, 2.45) is 0 Å². The minimum absolute atomic E-state index is 0.529. The Morgan fingerprint density at radius 1 is 1.10 bits per heavy atom. The first-order valence-electron chi connectivity index (χ1n) is 7.03. The number of hydrogen-bond acceptors (Lipinski definition) is 3. The first-order chi connectivity index (χ1) is 10.1. The van der Waals surface area contributed by atoms with Gasteiger partial charge in [-0.3, -0.25) is 0 Å². The molecule has 0 radical (unpaired) electrons. The fourth-order valence-corrected chi connectivity index (χ4v) is 2.45. The summed E-state index contributed by atoms with van der Waals surface area (Å²) in [7, 11) is 3.32. The van der Waals surface area contributed by atoms with E-state index in [0.717, 1.165) is 28.0 Å². The summed E-state index contributed by atoms with van der Waals surface area (Å²) in [5, 5.41) is 10.5. The highest BCUT2D eigenvalue weighted by Gasteiger charge is 2.12. The van der Waals surface area contributed by atoms with Gasteiger partial charge >= 0.3 is 0 Å². The van der Waals surface area contributed by atoms with Gasteiger partial charge in [-0.1, -0.05) is 42.0 Å². The van der Waals surface area contributed by atoms with E-state index in [9.17, 15) is 5.11 Å². The van der Waals surface area contributed by atoms with Crippen molar-refractivity contribution in [2.75, 3.05) is 14.2 Å². The lowest BCUT2D eigenvalue weighted by molar-refractivity contribution is 0.174. The third kappa shape index (κ3) is 4.06. The molecule has 0 aromatic heterocycles. The van der Waals surface area contributed by atoms with E-state index < -0.39 is 6.10 Å². The lowest BCUT2D eigenvalue weighted by atomic mass is 9.98. The van der Waals surface area contributed by atoms with Gasteiger partial charge in [0.25, 0.3) is 0 Å². The smallest absolute Gasteiger partial charge is 0.122 e. The van der Waals surface area contributed by atoms with E-state index in [2.05, 4.69) is 6.07 Å². The fraction of sp³-hybridized carbons (Fsp3) is 0.333. The van der Waals surface area contributed by atoms with Crippen LogP contribution in [0.1, 0.15) is 28.4 Å². The second-order valence-electron chi connectivity index (χ2n) is 5.21. The van der Waals surface area contributed by atoms with Crippen molar-refractivity contribution < 1.29 is 14.6 Å². The molecule has 0 spiro atoms. The molecule has 0 aliphatic carbocycles. The summed E-state index contributed by atoms with van der Waals surface area (Å²) in [4.78, 5) is 0. The van der Waals surface area contributed by atoms with E-state index in [4.69, 9.17) is 9.47 Å². The van der Waals surface area contributed by atoms with E-state index in [1.165, 1.54) is 0 Å². The Labute approximate surface area is 126 Å². The van der Waals surface area contributed by atoms with Gasteiger partial charge < -0.3 is 14.6 Å². The van der Waals surface area contributed by atoms with E-state index in [0.29, 0.717) is 13.0 Å². The van der Waals surface area contributed by atoms with E-state index in [-0.39, 0.29) is 0 Å². The molecule has 2 aromatic rings. The molecule has 0 saturated carbocycles. The SMILES string of the molecule is COCc1cccc(C(O)Cc2cc(C)ccc2OC)c1. The third-order valence-electron chi connectivity index (χ3n) is 3.50. The van der Waals surface area contributed by atoms with Crippen LogP contribution in [0.15, 0.2) is 42.5 Å². The summed E-state index contributed by atoms with van der Waals surface area (Å²) in [5.41, 5.74) is 4.13. The second kappa shape index (κ2) is 7.25. The Bertz CT molecular complexity index is 593. The molecule has 0 aliphatic rings. The van der Waals surface area contributed by atoms with Crippen molar-refractivity contribution in [2.45, 2.75) is 26.1 Å². The molecule has 1 unspecified atom stereocenters. The summed E-state index contributed by atoms with van der Waals surface area (Å²) in [6.45, 7) is 2.59. The molecule has 0 amide bonds. The molecular formula is C18H22O3. The van der Waals surface area contributed by atoms with Crippen LogP contribution in [-0.2, 0) is 17.8 Å². The molecule has 3 heteroatoms. The van der Waals surface area contributed by atoms with Crippen molar-refractivity contribution >= 4 is 0 Å². The van der Waals surface area contributed by atoms with Gasteiger partial charge in [-0.05, 0) is 29.7 Å². The number of hydrogen-bond donors (Lipinski definition) is 1. The Morgan fingerprint density at radius 2 is 1.90 bits per heavy atom. The zero-order chi connectivity index (χ0) is 15.2. The monoisotopic (exact) mass is 286 g/mol. The Hall–Kier alpha value is -1.84. The minimum atomic E-state index is -0.558. The number of aliphatic hydroxyl groups is 1. The average molecular weight is 286 g/mol. The highest BCUT2D eigenvalue weighted by Crippen LogP contribution is 2.26. The number of ether oxygens (including phenoxy) is 2. The maximum atomic E-state index is 10.5. The van der Waals surface area contributed by atoms with Crippen LogP contribution >= 0.6 is 0 Å². The van der Waals surface area contributed by atoms with E-state index in [1.807, 2.05) is 43.3 Å². The van der Waals surface area contributed by atoms with Gasteiger partial charge in [-0.15, -0.1) is 0 Å². The van der Waals surface area contributed by atoms with Gasteiger partial charge in [-0.2, -0.15) is 0 Å². The summed E-state index contributed by atoms with van der Waals surface area (Å²) < 4.78 is 10.5. The normalized spacial score (nSPS) is 12.2. The zero-order valence-corrected chi connectivity index (χ0v) is 12.8. The first kappa shape index (κ1) is 15.5. The Balaban J connectivity index is 2.19. The quantitative estimate of drug-likeness (QED) is 0.884. The fourth-order valence-electron chi connectivity index (χ4n) is 2.45. The van der Waals surface area contributed by atoms with Crippen LogP contribution in [0.4, 0.5) is 0 Å². The van der Waals surface area contributed by atoms with Gasteiger partial charge in [0.1, 0.15) is 5.75 Å². The highest BCUT2D eigenvalue weighted by molar-refractivity contribution is 5.38. The molecule has 1 atom stereocenters. The van der Waals surface area contributed by atoms with Crippen LogP contribution < -0.4 is 4.74 Å². The van der Waals surface area contributed by atoms with Crippen molar-refractivity contribution in [3.8, 4) is 5.75 Å². The molecular weight excluding hydrogens is 264 g/mol. The van der Waals surface area contributed by atoms with Crippen LogP contribution in [0.25, 0.3) is 0 Å². The molecule has 0 aliphatic heterocycles. The Kier molecular flexibility index (Phi) is 5.37. The van der Waals surface area contributed by atoms with Gasteiger partial charge in [0.2, 0.25) is 0 Å². The van der Waals surface area contributed by atoms with Crippen LogP contribution in [0.5, 0.6) is 5.75 Å². The van der Waals surface area contributed by atoms with Crippen LogP contribution in [0, 0.1) is 6.92 Å². The van der Waals surface area contributed by atoms with E-state index in [1.54, 1.807) is 14.2 Å². The Morgan fingerprint density at radius 3 is 2.62 bits per heavy atom. The summed E-state index contributed by atoms with van der Waals surface area (Å²) in [5.74, 6) is 0.813. The average Bonchev–Trinajstić information content (AvgIpc) is 2.48. The van der Waals surface area contributed by atoms with Crippen LogP contribution in [0.3, 0.4) is 0 Å². The van der Waals surface area contributed by atoms with Crippen molar-refractivity contribution in [3.63, 3.8) is 0 Å². The molecule has 112 valence electrons. The molecule has 21 heavy (non-hydrogen) atoms. The topological polar surface area (TPSA) is 38.7 Å². The lowest BCUT2D eigenvalue weighted by Gasteiger charge is -2.15. The molecule has 2 aromatic carbocycles.